The Balaban J connectivity index is 1.57. The van der Waals surface area contributed by atoms with Crippen LogP contribution in [0.2, 0.25) is 5.02 Å². The van der Waals surface area contributed by atoms with Gasteiger partial charge in [-0.05, 0) is 36.5 Å². The van der Waals surface area contributed by atoms with E-state index in [1.54, 1.807) is 12.5 Å². The van der Waals surface area contributed by atoms with Crippen LogP contribution in [0.1, 0.15) is 18.4 Å². The van der Waals surface area contributed by atoms with Gasteiger partial charge in [0.1, 0.15) is 18.2 Å². The summed E-state index contributed by atoms with van der Waals surface area (Å²) in [4.78, 5) is 27.4. The number of hydrogen-bond donors (Lipinski definition) is 3. The number of carbonyl (C=O) groups is 2. The van der Waals surface area contributed by atoms with Crippen molar-refractivity contribution < 1.29 is 27.8 Å². The number of aryl methyl sites for hydroxylation is 1. The van der Waals surface area contributed by atoms with Gasteiger partial charge >= 0.3 is 12.1 Å². The fraction of sp³-hybridized carbons (Fsp3) is 0.263. The molecule has 3 aromatic rings. The number of aromatic nitrogens is 3. The molecule has 0 atom stereocenters. The minimum absolute atomic E-state index is 0.0248. The zero-order valence-corrected chi connectivity index (χ0v) is 18.6. The van der Waals surface area contributed by atoms with Gasteiger partial charge in [-0.25, -0.2) is 23.4 Å². The summed E-state index contributed by atoms with van der Waals surface area (Å²) in [6, 6.07) is 1.28. The maximum Gasteiger partial charge on any atom is 0.410 e. The molecule has 0 aliphatic rings. The number of nitrogens with two attached hydrogens (primary N) is 1. The lowest BCUT2D eigenvalue weighted by atomic mass is 10.2. The van der Waals surface area contributed by atoms with Crippen molar-refractivity contribution in [2.24, 2.45) is 5.73 Å². The highest BCUT2D eigenvalue weighted by atomic mass is 35.5. The molecule has 0 bridgehead atoms. The molecule has 0 fully saturated rings. The molecular formula is C19H19ClF2N6O4S. The molecule has 1 aromatic carbocycles. The van der Waals surface area contributed by atoms with E-state index in [-0.39, 0.29) is 21.7 Å². The summed E-state index contributed by atoms with van der Waals surface area (Å²) >= 11 is 6.33. The molecule has 14 heteroatoms. The minimum atomic E-state index is -1.19. The molecule has 0 spiro atoms. The lowest BCUT2D eigenvalue weighted by molar-refractivity contribution is 0.205. The number of unbranched alkanes of at least 4 members (excludes halogenated alkanes) is 1. The van der Waals surface area contributed by atoms with Gasteiger partial charge in [-0.2, -0.15) is 0 Å². The van der Waals surface area contributed by atoms with Crippen molar-refractivity contribution in [2.75, 3.05) is 11.9 Å². The number of primary amides is 1. The van der Waals surface area contributed by atoms with Crippen molar-refractivity contribution >= 4 is 40.3 Å². The van der Waals surface area contributed by atoms with E-state index in [9.17, 15) is 18.4 Å². The Labute approximate surface area is 195 Å². The summed E-state index contributed by atoms with van der Waals surface area (Å²) in [5.74, 6) is -2.39. The van der Waals surface area contributed by atoms with E-state index in [2.05, 4.69) is 20.0 Å². The fourth-order valence-corrected chi connectivity index (χ4v) is 3.52. The van der Waals surface area contributed by atoms with Crippen molar-refractivity contribution in [3.05, 3.63) is 53.1 Å². The van der Waals surface area contributed by atoms with E-state index >= 15 is 0 Å². The normalized spacial score (nSPS) is 10.6. The lowest BCUT2D eigenvalue weighted by Crippen LogP contribution is -2.29. The first-order valence-corrected chi connectivity index (χ1v) is 10.7. The summed E-state index contributed by atoms with van der Waals surface area (Å²) in [6.07, 6.45) is 5.59. The third-order valence-corrected chi connectivity index (χ3v) is 5.14. The number of benzene rings is 1. The van der Waals surface area contributed by atoms with E-state index < -0.39 is 35.9 Å². The second-order valence-electron chi connectivity index (χ2n) is 6.59. The molecule has 0 saturated carbocycles. The highest BCUT2D eigenvalue weighted by molar-refractivity contribution is 7.11. The van der Waals surface area contributed by atoms with Crippen LogP contribution in [-0.4, -0.2) is 32.6 Å². The van der Waals surface area contributed by atoms with Crippen LogP contribution in [0.5, 0.6) is 11.6 Å². The molecule has 3 amide bonds. The van der Waals surface area contributed by atoms with Gasteiger partial charge < -0.3 is 25.1 Å². The molecule has 0 aliphatic carbocycles. The number of hydrogen-bond acceptors (Lipinski definition) is 7. The first kappa shape index (κ1) is 24.2. The molecule has 0 aliphatic heterocycles. The van der Waals surface area contributed by atoms with Crippen molar-refractivity contribution in [3.8, 4) is 11.6 Å². The Hall–Kier alpha value is -3.45. The van der Waals surface area contributed by atoms with Gasteiger partial charge in [0.05, 0.1) is 11.9 Å². The first-order chi connectivity index (χ1) is 15.8. The highest BCUT2D eigenvalue weighted by Gasteiger charge is 2.22. The lowest BCUT2D eigenvalue weighted by Gasteiger charge is -2.10. The Morgan fingerprint density at radius 1 is 1.24 bits per heavy atom. The number of rotatable bonds is 10. The summed E-state index contributed by atoms with van der Waals surface area (Å²) in [5.41, 5.74) is 4.67. The van der Waals surface area contributed by atoms with E-state index in [4.69, 9.17) is 26.8 Å². The van der Waals surface area contributed by atoms with Gasteiger partial charge in [-0.1, -0.05) is 11.6 Å². The molecule has 33 heavy (non-hydrogen) atoms. The number of halogens is 3. The summed E-state index contributed by atoms with van der Waals surface area (Å²) in [6.45, 7) is 0.588. The standard InChI is InChI=1S/C19H19ClF2N6O4S/c20-11-7-13(21)12(14(22)8-11)9-31-16-15(32-18(23)29)17(33-27-16)26-19(30)25-3-1-2-5-28-6-4-24-10-28/h4,6-8,10H,1-3,5,9H2,(H2,23,29)(H2,25,26,30). The number of nitrogens with one attached hydrogen (secondary N) is 2. The van der Waals surface area contributed by atoms with Gasteiger partial charge in [0.15, 0.2) is 5.00 Å². The molecule has 10 nitrogen and oxygen atoms in total. The monoisotopic (exact) mass is 500 g/mol. The molecule has 0 radical (unpaired) electrons. The maximum atomic E-state index is 14.0. The van der Waals surface area contributed by atoms with Gasteiger partial charge in [0, 0.05) is 30.5 Å². The summed E-state index contributed by atoms with van der Waals surface area (Å²) < 4.78 is 43.9. The van der Waals surface area contributed by atoms with Crippen molar-refractivity contribution in [1.82, 2.24) is 19.2 Å². The van der Waals surface area contributed by atoms with Crippen molar-refractivity contribution in [2.45, 2.75) is 26.0 Å². The molecule has 3 rings (SSSR count). The van der Waals surface area contributed by atoms with Crippen molar-refractivity contribution in [3.63, 3.8) is 0 Å². The van der Waals surface area contributed by atoms with Crippen LogP contribution in [0.4, 0.5) is 23.4 Å². The first-order valence-electron chi connectivity index (χ1n) is 9.57. The van der Waals surface area contributed by atoms with Gasteiger partial charge in [0.2, 0.25) is 5.75 Å². The second-order valence-corrected chi connectivity index (χ2v) is 7.80. The maximum absolute atomic E-state index is 14.0. The molecule has 2 heterocycles. The topological polar surface area (TPSA) is 133 Å². The predicted molar refractivity (Wildman–Crippen MR) is 117 cm³/mol. The zero-order valence-electron chi connectivity index (χ0n) is 17.0. The Bertz CT molecular complexity index is 1090. The largest absolute Gasteiger partial charge is 0.469 e. The van der Waals surface area contributed by atoms with Crippen LogP contribution in [0.25, 0.3) is 0 Å². The molecule has 2 aromatic heterocycles. The van der Waals surface area contributed by atoms with Gasteiger partial charge in [0.25, 0.3) is 5.88 Å². The predicted octanol–water partition coefficient (Wildman–Crippen LogP) is 3.91. The van der Waals surface area contributed by atoms with Crippen LogP contribution in [-0.2, 0) is 13.2 Å². The highest BCUT2D eigenvalue weighted by Crippen LogP contribution is 2.39. The van der Waals surface area contributed by atoms with E-state index in [0.29, 0.717) is 13.0 Å². The number of imidazole rings is 1. The quantitative estimate of drug-likeness (QED) is 0.361. The summed E-state index contributed by atoms with van der Waals surface area (Å²) in [5, 5.41) is 5.05. The molecular weight excluding hydrogens is 482 g/mol. The average Bonchev–Trinajstić information content (AvgIpc) is 3.38. The number of nitrogens with zero attached hydrogens (tertiary/aromatic N) is 3. The minimum Gasteiger partial charge on any atom is -0.469 e. The number of carbonyl (C=O) groups excluding carboxylic acids is 2. The van der Waals surface area contributed by atoms with Crippen LogP contribution < -0.4 is 25.8 Å². The van der Waals surface area contributed by atoms with Crippen LogP contribution >= 0.6 is 23.1 Å². The number of urea groups is 1. The molecule has 176 valence electrons. The SMILES string of the molecule is NC(=O)Oc1c(OCc2c(F)cc(Cl)cc2F)nsc1NC(=O)NCCCCn1ccnc1. The molecule has 4 N–H and O–H groups in total. The van der Waals surface area contributed by atoms with E-state index in [1.807, 2.05) is 10.8 Å². The third kappa shape index (κ3) is 7.02. The number of ether oxygens (including phenoxy) is 2. The number of amides is 3. The fourth-order valence-electron chi connectivity index (χ4n) is 2.67. The smallest absolute Gasteiger partial charge is 0.410 e. The average molecular weight is 501 g/mol. The second kappa shape index (κ2) is 11.4. The van der Waals surface area contributed by atoms with Crippen LogP contribution in [0.15, 0.2) is 30.9 Å². The number of anilines is 1. The zero-order chi connectivity index (χ0) is 23.8. The van der Waals surface area contributed by atoms with Crippen molar-refractivity contribution in [1.29, 1.82) is 0 Å². The summed E-state index contributed by atoms with van der Waals surface area (Å²) in [7, 11) is 0. The Morgan fingerprint density at radius 3 is 2.67 bits per heavy atom. The molecule has 0 unspecified atom stereocenters. The Morgan fingerprint density at radius 2 is 2.00 bits per heavy atom. The van der Waals surface area contributed by atoms with Gasteiger partial charge in [-0.3, -0.25) is 5.32 Å². The van der Waals surface area contributed by atoms with Crippen LogP contribution in [0.3, 0.4) is 0 Å². The molecule has 0 saturated heterocycles. The van der Waals surface area contributed by atoms with E-state index in [1.165, 1.54) is 0 Å². The van der Waals surface area contributed by atoms with E-state index in [0.717, 1.165) is 36.6 Å². The third-order valence-electron chi connectivity index (χ3n) is 4.20. The van der Waals surface area contributed by atoms with Crippen LogP contribution in [0, 0.1) is 11.6 Å². The van der Waals surface area contributed by atoms with Gasteiger partial charge in [-0.15, -0.1) is 4.37 Å². The Kier molecular flexibility index (Phi) is 8.38.